The average molecular weight is 680 g/mol. The van der Waals surface area contributed by atoms with Crippen LogP contribution in [0.3, 0.4) is 0 Å². The molecule has 0 amide bonds. The van der Waals surface area contributed by atoms with Gasteiger partial charge in [0, 0.05) is 11.4 Å². The highest BCUT2D eigenvalue weighted by atomic mass is 79.9. The molecular weight excluding hydrogens is 656 g/mol. The first kappa shape index (κ1) is 28.8. The summed E-state index contributed by atoms with van der Waals surface area (Å²) in [6.07, 6.45) is 1.72. The highest BCUT2D eigenvalue weighted by molar-refractivity contribution is 9.10. The number of rotatable bonds is 7. The summed E-state index contributed by atoms with van der Waals surface area (Å²) in [5.74, 6) is 0.291. The Morgan fingerprint density at radius 2 is 1.77 bits per heavy atom. The molecule has 1 aromatic heterocycles. The molecule has 0 saturated heterocycles. The van der Waals surface area contributed by atoms with Gasteiger partial charge in [0.2, 0.25) is 0 Å². The number of hydrogen-bond donors (Lipinski definition) is 0. The minimum absolute atomic E-state index is 0.165. The van der Waals surface area contributed by atoms with Gasteiger partial charge in [0.1, 0.15) is 5.75 Å². The zero-order valence-corrected chi connectivity index (χ0v) is 25.7. The zero-order chi connectivity index (χ0) is 28.4. The fraction of sp³-hybridized carbons (Fsp3) is 0.259. The Morgan fingerprint density at radius 1 is 1.08 bits per heavy atom. The number of ether oxygens (including phenoxy) is 4. The Bertz CT molecular complexity index is 1690. The first-order valence-electron chi connectivity index (χ1n) is 11.7. The maximum atomic E-state index is 13.9. The van der Waals surface area contributed by atoms with Crippen molar-refractivity contribution in [2.45, 2.75) is 26.8 Å². The van der Waals surface area contributed by atoms with Gasteiger partial charge in [-0.05, 0) is 71.2 Å². The van der Waals surface area contributed by atoms with Crippen LogP contribution in [0, 0.1) is 0 Å². The van der Waals surface area contributed by atoms with Crippen LogP contribution < -0.4 is 29.1 Å². The molecule has 9 nitrogen and oxygen atoms in total. The molecule has 3 aromatic rings. The van der Waals surface area contributed by atoms with E-state index in [0.717, 1.165) is 0 Å². The highest BCUT2D eigenvalue weighted by Gasteiger charge is 2.35. The molecule has 1 aliphatic rings. The molecule has 0 saturated carbocycles. The van der Waals surface area contributed by atoms with Gasteiger partial charge in [0.25, 0.3) is 5.56 Å². The van der Waals surface area contributed by atoms with Crippen LogP contribution in [0.5, 0.6) is 17.2 Å². The Morgan fingerprint density at radius 3 is 2.38 bits per heavy atom. The van der Waals surface area contributed by atoms with Gasteiger partial charge in [0.15, 0.2) is 16.3 Å². The molecule has 0 aliphatic carbocycles. The second kappa shape index (κ2) is 11.9. The molecule has 0 spiro atoms. The second-order valence-corrected chi connectivity index (χ2v) is 11.0. The third-order valence-corrected chi connectivity index (χ3v) is 8.11. The predicted octanol–water partition coefficient (Wildman–Crippen LogP) is 4.27. The number of thiazole rings is 1. The average Bonchev–Trinajstić information content (AvgIpc) is 3.18. The molecule has 39 heavy (non-hydrogen) atoms. The van der Waals surface area contributed by atoms with Gasteiger partial charge < -0.3 is 18.9 Å². The fourth-order valence-corrected chi connectivity index (χ4v) is 6.22. The van der Waals surface area contributed by atoms with Crippen LogP contribution in [-0.2, 0) is 14.3 Å². The predicted molar refractivity (Wildman–Crippen MR) is 153 cm³/mol. The standard InChI is InChI=1S/C27H24Br2N2O7S/c1-6-37-26(34)23-13(2)30-27-31(24(23)16-11-20(35-4)21(36-5)12-17(16)28)25(33)22(39-27)10-15-7-8-19(18(29)9-15)38-14(3)32/h7-12,24H,6H2,1-5H3/b22-10-/t24-/m0/s1. The van der Waals surface area contributed by atoms with E-state index in [1.807, 2.05) is 0 Å². The van der Waals surface area contributed by atoms with Crippen LogP contribution in [0.4, 0.5) is 0 Å². The van der Waals surface area contributed by atoms with Gasteiger partial charge in [0.05, 0.1) is 47.1 Å². The van der Waals surface area contributed by atoms with E-state index < -0.39 is 18.0 Å². The van der Waals surface area contributed by atoms with Crippen molar-refractivity contribution in [1.29, 1.82) is 0 Å². The first-order chi connectivity index (χ1) is 18.6. The van der Waals surface area contributed by atoms with Crippen LogP contribution >= 0.6 is 43.2 Å². The number of nitrogens with zero attached hydrogens (tertiary/aromatic N) is 2. The Labute approximate surface area is 244 Å². The molecule has 0 unspecified atom stereocenters. The molecule has 1 atom stereocenters. The summed E-state index contributed by atoms with van der Waals surface area (Å²) in [7, 11) is 3.04. The van der Waals surface area contributed by atoms with Gasteiger partial charge in [-0.2, -0.15) is 0 Å². The number of hydrogen-bond acceptors (Lipinski definition) is 9. The van der Waals surface area contributed by atoms with E-state index >= 15 is 0 Å². The van der Waals surface area contributed by atoms with E-state index in [1.165, 1.54) is 37.0 Å². The molecule has 0 radical (unpaired) electrons. The summed E-state index contributed by atoms with van der Waals surface area (Å²) in [6, 6.07) is 7.74. The number of carbonyl (C=O) groups excluding carboxylic acids is 2. The van der Waals surface area contributed by atoms with Crippen molar-refractivity contribution in [3.8, 4) is 17.2 Å². The summed E-state index contributed by atoms with van der Waals surface area (Å²) in [5, 5.41) is 0. The molecular formula is C27H24Br2N2O7S. The van der Waals surface area contributed by atoms with Gasteiger partial charge in [-0.3, -0.25) is 14.2 Å². The van der Waals surface area contributed by atoms with Crippen LogP contribution in [0.25, 0.3) is 6.08 Å². The molecule has 2 heterocycles. The molecule has 1 aliphatic heterocycles. The summed E-state index contributed by atoms with van der Waals surface area (Å²) < 4.78 is 24.5. The molecule has 12 heteroatoms. The van der Waals surface area contributed by atoms with E-state index in [0.29, 0.717) is 52.4 Å². The Hall–Kier alpha value is -3.22. The van der Waals surface area contributed by atoms with Crippen molar-refractivity contribution in [3.63, 3.8) is 0 Å². The van der Waals surface area contributed by atoms with Crippen molar-refractivity contribution < 1.29 is 28.5 Å². The number of benzene rings is 2. The van der Waals surface area contributed by atoms with Gasteiger partial charge in [-0.15, -0.1) is 0 Å². The smallest absolute Gasteiger partial charge is 0.338 e. The van der Waals surface area contributed by atoms with E-state index in [-0.39, 0.29) is 17.7 Å². The van der Waals surface area contributed by atoms with Crippen LogP contribution in [-0.4, -0.2) is 37.3 Å². The molecule has 204 valence electrons. The molecule has 0 N–H and O–H groups in total. The number of esters is 2. The maximum Gasteiger partial charge on any atom is 0.338 e. The first-order valence-corrected chi connectivity index (χ1v) is 14.1. The van der Waals surface area contributed by atoms with E-state index in [2.05, 4.69) is 36.9 Å². The van der Waals surface area contributed by atoms with Crippen LogP contribution in [0.2, 0.25) is 0 Å². The van der Waals surface area contributed by atoms with Crippen LogP contribution in [0.15, 0.2) is 60.3 Å². The lowest BCUT2D eigenvalue weighted by atomic mass is 9.95. The lowest BCUT2D eigenvalue weighted by molar-refractivity contribution is -0.139. The van der Waals surface area contributed by atoms with Gasteiger partial charge >= 0.3 is 11.9 Å². The zero-order valence-electron chi connectivity index (χ0n) is 21.7. The third kappa shape index (κ3) is 5.73. The minimum Gasteiger partial charge on any atom is -0.493 e. The van der Waals surface area contributed by atoms with Crippen LogP contribution in [0.1, 0.15) is 37.9 Å². The van der Waals surface area contributed by atoms with E-state index in [1.54, 1.807) is 50.3 Å². The molecule has 4 rings (SSSR count). The Kier molecular flexibility index (Phi) is 8.77. The largest absolute Gasteiger partial charge is 0.493 e. The van der Waals surface area contributed by atoms with Crippen molar-refractivity contribution in [2.24, 2.45) is 4.99 Å². The van der Waals surface area contributed by atoms with Crippen molar-refractivity contribution in [2.75, 3.05) is 20.8 Å². The highest BCUT2D eigenvalue weighted by Crippen LogP contribution is 2.40. The number of allylic oxidation sites excluding steroid dienone is 1. The third-order valence-electron chi connectivity index (χ3n) is 5.82. The van der Waals surface area contributed by atoms with E-state index in [9.17, 15) is 14.4 Å². The summed E-state index contributed by atoms with van der Waals surface area (Å²) in [5.41, 5.74) is 1.66. The molecule has 2 aromatic carbocycles. The molecule has 0 fully saturated rings. The van der Waals surface area contributed by atoms with Crippen molar-refractivity contribution >= 4 is 61.2 Å². The summed E-state index contributed by atoms with van der Waals surface area (Å²) in [4.78, 5) is 43.4. The quantitative estimate of drug-likeness (QED) is 0.271. The number of methoxy groups -OCH3 is 2. The normalized spacial score (nSPS) is 14.9. The fourth-order valence-electron chi connectivity index (χ4n) is 4.16. The maximum absolute atomic E-state index is 13.9. The minimum atomic E-state index is -0.838. The van der Waals surface area contributed by atoms with E-state index in [4.69, 9.17) is 18.9 Å². The summed E-state index contributed by atoms with van der Waals surface area (Å²) in [6.45, 7) is 4.92. The number of halogens is 2. The van der Waals surface area contributed by atoms with Gasteiger partial charge in [-0.1, -0.05) is 33.3 Å². The second-order valence-electron chi connectivity index (χ2n) is 8.31. The van der Waals surface area contributed by atoms with Gasteiger partial charge in [-0.25, -0.2) is 9.79 Å². The topological polar surface area (TPSA) is 105 Å². The van der Waals surface area contributed by atoms with Crippen molar-refractivity contribution in [1.82, 2.24) is 4.57 Å². The lowest BCUT2D eigenvalue weighted by Crippen LogP contribution is -2.40. The SMILES string of the molecule is CCOC(=O)C1=C(C)N=c2s/c(=C\c3ccc(OC(C)=O)c(Br)c3)c(=O)n2[C@H]1c1cc(OC)c(OC)cc1Br. The monoisotopic (exact) mass is 678 g/mol. The number of fused-ring (bicyclic) bond motifs is 1. The van der Waals surface area contributed by atoms with Crippen molar-refractivity contribution in [3.05, 3.63) is 81.4 Å². The lowest BCUT2D eigenvalue weighted by Gasteiger charge is -2.26. The Balaban J connectivity index is 1.95. The number of carbonyl (C=O) groups is 2. The number of aromatic nitrogens is 1. The summed E-state index contributed by atoms with van der Waals surface area (Å²) >= 11 is 8.19. The molecule has 0 bridgehead atoms.